The molecule has 1 N–H and O–H groups in total. The number of pyridine rings is 1. The van der Waals surface area contributed by atoms with Crippen LogP contribution < -0.4 is 5.32 Å². The molecule has 2 aromatic carbocycles. The number of para-hydroxylation sites is 1. The molecule has 0 bridgehead atoms. The molecule has 1 aromatic heterocycles. The maximum atomic E-state index is 13.0. The van der Waals surface area contributed by atoms with E-state index >= 15 is 0 Å². The number of hydrogen-bond acceptors (Lipinski definition) is 3. The Hall–Kier alpha value is -3.47. The number of carbonyl (C=O) groups is 2. The number of benzene rings is 2. The monoisotopic (exact) mass is 427 g/mol. The molecule has 1 fully saturated rings. The summed E-state index contributed by atoms with van der Waals surface area (Å²) in [6.07, 6.45) is 5.73. The summed E-state index contributed by atoms with van der Waals surface area (Å²) in [6.45, 7) is 1.39. The second-order valence-electron chi connectivity index (χ2n) is 8.38. The molecule has 0 atom stereocenters. The fourth-order valence-electron chi connectivity index (χ4n) is 4.20. The van der Waals surface area contributed by atoms with Crippen molar-refractivity contribution in [1.29, 1.82) is 0 Å². The van der Waals surface area contributed by atoms with Gasteiger partial charge in [0.1, 0.15) is 0 Å². The molecule has 0 saturated carbocycles. The van der Waals surface area contributed by atoms with Crippen molar-refractivity contribution in [2.24, 2.45) is 5.92 Å². The Morgan fingerprint density at radius 3 is 2.44 bits per heavy atom. The number of nitrogens with zero attached hydrogens (tertiary/aromatic N) is 2. The summed E-state index contributed by atoms with van der Waals surface area (Å²) in [5.41, 5.74) is 3.77. The third kappa shape index (κ3) is 6.03. The van der Waals surface area contributed by atoms with E-state index in [4.69, 9.17) is 0 Å². The van der Waals surface area contributed by atoms with E-state index in [0.717, 1.165) is 48.2 Å². The Kier molecular flexibility index (Phi) is 7.28. The lowest BCUT2D eigenvalue weighted by molar-refractivity contribution is -0.117. The van der Waals surface area contributed by atoms with Crippen molar-refractivity contribution >= 4 is 17.5 Å². The summed E-state index contributed by atoms with van der Waals surface area (Å²) in [4.78, 5) is 31.6. The normalized spacial score (nSPS) is 14.2. The number of piperidine rings is 1. The molecule has 5 heteroatoms. The average Bonchev–Trinajstić information content (AvgIpc) is 2.84. The molecule has 5 nitrogen and oxygen atoms in total. The number of rotatable bonds is 7. The summed E-state index contributed by atoms with van der Waals surface area (Å²) in [5.74, 6) is 0.436. The molecule has 0 radical (unpaired) electrons. The summed E-state index contributed by atoms with van der Waals surface area (Å²) in [5, 5.41) is 2.96. The molecule has 0 aliphatic carbocycles. The minimum absolute atomic E-state index is 0.0431. The van der Waals surface area contributed by atoms with Crippen LogP contribution >= 0.6 is 0 Å². The first-order valence-corrected chi connectivity index (χ1v) is 11.3. The highest BCUT2D eigenvalue weighted by atomic mass is 16.2. The zero-order valence-corrected chi connectivity index (χ0v) is 18.2. The molecule has 1 aliphatic heterocycles. The van der Waals surface area contributed by atoms with Gasteiger partial charge in [-0.25, -0.2) is 0 Å². The van der Waals surface area contributed by atoms with Gasteiger partial charge in [0, 0.05) is 42.7 Å². The second-order valence-corrected chi connectivity index (χ2v) is 8.38. The lowest BCUT2D eigenvalue weighted by atomic mass is 9.92. The van der Waals surface area contributed by atoms with Crippen LogP contribution in [-0.4, -0.2) is 34.8 Å². The van der Waals surface area contributed by atoms with E-state index in [1.54, 1.807) is 0 Å². The molecule has 2 heterocycles. The number of amides is 2. The average molecular weight is 428 g/mol. The van der Waals surface area contributed by atoms with Crippen LogP contribution in [-0.2, 0) is 17.6 Å². The molecule has 1 aliphatic rings. The number of anilines is 1. The van der Waals surface area contributed by atoms with Crippen LogP contribution in [0.25, 0.3) is 0 Å². The Bertz CT molecular complexity index is 1030. The minimum atomic E-state index is 0.0431. The van der Waals surface area contributed by atoms with Crippen LogP contribution in [0.3, 0.4) is 0 Å². The molecule has 2 amide bonds. The van der Waals surface area contributed by atoms with Gasteiger partial charge in [0.15, 0.2) is 0 Å². The summed E-state index contributed by atoms with van der Waals surface area (Å²) >= 11 is 0. The minimum Gasteiger partial charge on any atom is -0.339 e. The second kappa shape index (κ2) is 10.7. The van der Waals surface area contributed by atoms with Gasteiger partial charge in [-0.2, -0.15) is 0 Å². The van der Waals surface area contributed by atoms with Crippen molar-refractivity contribution in [3.63, 3.8) is 0 Å². The Morgan fingerprint density at radius 2 is 1.69 bits per heavy atom. The highest BCUT2D eigenvalue weighted by molar-refractivity contribution is 5.94. The zero-order valence-electron chi connectivity index (χ0n) is 18.2. The van der Waals surface area contributed by atoms with Crippen molar-refractivity contribution in [3.05, 3.63) is 95.8 Å². The lowest BCUT2D eigenvalue weighted by Crippen LogP contribution is -2.39. The van der Waals surface area contributed by atoms with E-state index in [1.165, 1.54) is 0 Å². The lowest BCUT2D eigenvalue weighted by Gasteiger charge is -2.32. The van der Waals surface area contributed by atoms with Gasteiger partial charge in [0.05, 0.1) is 0 Å². The third-order valence-electron chi connectivity index (χ3n) is 6.00. The highest BCUT2D eigenvalue weighted by Gasteiger charge is 2.25. The first-order valence-electron chi connectivity index (χ1n) is 11.3. The Balaban J connectivity index is 1.26. The largest absolute Gasteiger partial charge is 0.339 e. The fraction of sp³-hybridized carbons (Fsp3) is 0.296. The number of likely N-dealkylation sites (tertiary alicyclic amines) is 1. The molecule has 32 heavy (non-hydrogen) atoms. The van der Waals surface area contributed by atoms with E-state index < -0.39 is 0 Å². The van der Waals surface area contributed by atoms with Crippen molar-refractivity contribution < 1.29 is 9.59 Å². The first kappa shape index (κ1) is 21.8. The van der Waals surface area contributed by atoms with Crippen LogP contribution in [0.2, 0.25) is 0 Å². The van der Waals surface area contributed by atoms with Crippen molar-refractivity contribution in [3.8, 4) is 0 Å². The van der Waals surface area contributed by atoms with Crippen LogP contribution in [0.5, 0.6) is 0 Å². The van der Waals surface area contributed by atoms with Gasteiger partial charge in [-0.3, -0.25) is 14.6 Å². The number of aryl methyl sites for hydroxylation is 2. The standard InChI is InChI=1S/C27H29N3O2/c31-26(29-25-10-2-1-3-11-25)20-22-14-17-30(18-15-22)27(32)23-8-6-7-21(19-23)12-13-24-9-4-5-16-28-24/h1-11,16,19,22H,12-15,17-18,20H2,(H,29,31). The topological polar surface area (TPSA) is 62.3 Å². The Morgan fingerprint density at radius 1 is 0.906 bits per heavy atom. The summed E-state index contributed by atoms with van der Waals surface area (Å²) in [7, 11) is 0. The van der Waals surface area contributed by atoms with Crippen LogP contribution in [0.4, 0.5) is 5.69 Å². The van der Waals surface area contributed by atoms with E-state index in [9.17, 15) is 9.59 Å². The third-order valence-corrected chi connectivity index (χ3v) is 6.00. The molecule has 1 saturated heterocycles. The molecule has 164 valence electrons. The maximum absolute atomic E-state index is 13.0. The van der Waals surface area contributed by atoms with Crippen molar-refractivity contribution in [1.82, 2.24) is 9.88 Å². The molecular weight excluding hydrogens is 398 g/mol. The highest BCUT2D eigenvalue weighted by Crippen LogP contribution is 2.23. The van der Waals surface area contributed by atoms with E-state index in [-0.39, 0.29) is 11.8 Å². The maximum Gasteiger partial charge on any atom is 0.253 e. The smallest absolute Gasteiger partial charge is 0.253 e. The van der Waals surface area contributed by atoms with Gasteiger partial charge in [0.25, 0.3) is 5.91 Å². The van der Waals surface area contributed by atoms with E-state index in [1.807, 2.05) is 77.8 Å². The number of aromatic nitrogens is 1. The van der Waals surface area contributed by atoms with Crippen molar-refractivity contribution in [2.75, 3.05) is 18.4 Å². The van der Waals surface area contributed by atoms with Crippen LogP contribution in [0.1, 0.15) is 40.9 Å². The number of hydrogen-bond donors (Lipinski definition) is 1. The Labute approximate surface area is 189 Å². The SMILES string of the molecule is O=C(CC1CCN(C(=O)c2cccc(CCc3ccccn3)c2)CC1)Nc1ccccc1. The van der Waals surface area contributed by atoms with E-state index in [0.29, 0.717) is 25.4 Å². The molecule has 3 aromatic rings. The van der Waals surface area contributed by atoms with Crippen LogP contribution in [0, 0.1) is 5.92 Å². The number of nitrogens with one attached hydrogen (secondary N) is 1. The summed E-state index contributed by atoms with van der Waals surface area (Å²) in [6, 6.07) is 23.4. The summed E-state index contributed by atoms with van der Waals surface area (Å²) < 4.78 is 0. The van der Waals surface area contributed by atoms with Gasteiger partial charge < -0.3 is 10.2 Å². The fourth-order valence-corrected chi connectivity index (χ4v) is 4.20. The zero-order chi connectivity index (χ0) is 22.2. The predicted octanol–water partition coefficient (Wildman–Crippen LogP) is 4.75. The van der Waals surface area contributed by atoms with Crippen molar-refractivity contribution in [2.45, 2.75) is 32.1 Å². The predicted molar refractivity (Wildman–Crippen MR) is 126 cm³/mol. The molecule has 0 unspecified atom stereocenters. The van der Waals surface area contributed by atoms with E-state index in [2.05, 4.69) is 16.4 Å². The number of carbonyl (C=O) groups excluding carboxylic acids is 2. The first-order chi connectivity index (χ1) is 15.7. The van der Waals surface area contributed by atoms with Gasteiger partial charge in [-0.05, 0) is 73.6 Å². The van der Waals surface area contributed by atoms with Gasteiger partial charge >= 0.3 is 0 Å². The van der Waals surface area contributed by atoms with Crippen LogP contribution in [0.15, 0.2) is 79.0 Å². The van der Waals surface area contributed by atoms with Gasteiger partial charge in [0.2, 0.25) is 5.91 Å². The van der Waals surface area contributed by atoms with Gasteiger partial charge in [-0.15, -0.1) is 0 Å². The quantitative estimate of drug-likeness (QED) is 0.592. The molecule has 0 spiro atoms. The van der Waals surface area contributed by atoms with Gasteiger partial charge in [-0.1, -0.05) is 36.4 Å². The molecular formula is C27H29N3O2. The molecule has 4 rings (SSSR count).